The van der Waals surface area contributed by atoms with Crippen LogP contribution in [0.4, 0.5) is 23.8 Å². The molecular formula is C23H30F3N5O2. The maximum absolute atomic E-state index is 13.2. The van der Waals surface area contributed by atoms with E-state index in [0.29, 0.717) is 49.1 Å². The Morgan fingerprint density at radius 2 is 1.88 bits per heavy atom. The summed E-state index contributed by atoms with van der Waals surface area (Å²) in [4.78, 5) is 25.3. The minimum absolute atomic E-state index is 0.0516. The Labute approximate surface area is 192 Å². The second-order valence-electron chi connectivity index (χ2n) is 8.41. The fourth-order valence-corrected chi connectivity index (χ4v) is 3.86. The van der Waals surface area contributed by atoms with Crippen LogP contribution in [0, 0.1) is 6.92 Å². The summed E-state index contributed by atoms with van der Waals surface area (Å²) in [6.07, 6.45) is -4.17. The number of halogens is 3. The van der Waals surface area contributed by atoms with Crippen molar-refractivity contribution >= 4 is 11.8 Å². The second kappa shape index (κ2) is 10.4. The summed E-state index contributed by atoms with van der Waals surface area (Å²) in [5.74, 6) is 1.24. The average molecular weight is 466 g/mol. The minimum atomic E-state index is -4.41. The van der Waals surface area contributed by atoms with Gasteiger partial charge in [0.2, 0.25) is 0 Å². The second-order valence-corrected chi connectivity index (χ2v) is 8.41. The van der Waals surface area contributed by atoms with E-state index in [2.05, 4.69) is 20.2 Å². The number of alkyl halides is 3. The summed E-state index contributed by atoms with van der Waals surface area (Å²) >= 11 is 0. The number of nitrogens with one attached hydrogen (secondary N) is 1. The van der Waals surface area contributed by atoms with Gasteiger partial charge in [0.25, 0.3) is 0 Å². The normalized spacial score (nSPS) is 14.7. The summed E-state index contributed by atoms with van der Waals surface area (Å²) in [6, 6.07) is 5.25. The number of nitrogens with zero attached hydrogens (tertiary/aromatic N) is 4. The fraction of sp³-hybridized carbons (Fsp3) is 0.522. The van der Waals surface area contributed by atoms with Gasteiger partial charge < -0.3 is 19.9 Å². The first-order valence-electron chi connectivity index (χ1n) is 10.9. The van der Waals surface area contributed by atoms with E-state index < -0.39 is 11.7 Å². The van der Waals surface area contributed by atoms with Crippen molar-refractivity contribution in [3.8, 4) is 0 Å². The van der Waals surface area contributed by atoms with Crippen LogP contribution in [0.5, 0.6) is 0 Å². The van der Waals surface area contributed by atoms with Crippen molar-refractivity contribution in [2.75, 3.05) is 38.2 Å². The summed E-state index contributed by atoms with van der Waals surface area (Å²) in [7, 11) is 1.55. The van der Waals surface area contributed by atoms with Crippen LogP contribution >= 0.6 is 0 Å². The molecule has 2 aromatic rings. The first-order valence-corrected chi connectivity index (χ1v) is 10.9. The number of piperazine rings is 1. The highest BCUT2D eigenvalue weighted by Gasteiger charge is 2.31. The van der Waals surface area contributed by atoms with Crippen LogP contribution in [-0.2, 0) is 23.9 Å². The van der Waals surface area contributed by atoms with Crippen molar-refractivity contribution < 1.29 is 22.7 Å². The summed E-state index contributed by atoms with van der Waals surface area (Å²) in [5.41, 5.74) is 1.22. The zero-order valence-electron chi connectivity index (χ0n) is 19.4. The van der Waals surface area contributed by atoms with Crippen molar-refractivity contribution in [2.24, 2.45) is 0 Å². The number of ether oxygens (including phenoxy) is 1. The molecule has 0 radical (unpaired) electrons. The van der Waals surface area contributed by atoms with E-state index in [1.807, 2.05) is 13.8 Å². The number of anilines is 1. The van der Waals surface area contributed by atoms with Crippen LogP contribution in [0.1, 0.15) is 42.1 Å². The third kappa shape index (κ3) is 6.34. The van der Waals surface area contributed by atoms with Gasteiger partial charge in [-0.15, -0.1) is 0 Å². The Hall–Kier alpha value is -2.88. The lowest BCUT2D eigenvalue weighted by Crippen LogP contribution is -2.53. The molecule has 33 heavy (non-hydrogen) atoms. The molecule has 180 valence electrons. The lowest BCUT2D eigenvalue weighted by atomic mass is 10.0. The van der Waals surface area contributed by atoms with Crippen LogP contribution in [0.25, 0.3) is 0 Å². The summed E-state index contributed by atoms with van der Waals surface area (Å²) in [5, 5.41) is 2.90. The van der Waals surface area contributed by atoms with Crippen molar-refractivity contribution in [1.29, 1.82) is 0 Å². The third-order valence-electron chi connectivity index (χ3n) is 5.38. The standard InChI is InChI=1S/C23H30F3N5O2/c1-15(2)27-22(32)31-10-8-30(9-11-31)21-19(20(14-33-4)28-16(3)29-21)13-17-6-5-7-18(12-17)23(24,25)26/h5-7,12,15H,8-11,13-14H2,1-4H3,(H,27,32). The van der Waals surface area contributed by atoms with E-state index >= 15 is 0 Å². The lowest BCUT2D eigenvalue weighted by Gasteiger charge is -2.37. The number of urea groups is 1. The van der Waals surface area contributed by atoms with Gasteiger partial charge in [-0.3, -0.25) is 0 Å². The van der Waals surface area contributed by atoms with Crippen molar-refractivity contribution in [1.82, 2.24) is 20.2 Å². The molecule has 2 heterocycles. The molecule has 2 amide bonds. The van der Waals surface area contributed by atoms with Crippen LogP contribution in [-0.4, -0.2) is 60.2 Å². The third-order valence-corrected chi connectivity index (χ3v) is 5.38. The number of carbonyl (C=O) groups excluding carboxylic acids is 1. The Morgan fingerprint density at radius 1 is 1.18 bits per heavy atom. The number of methoxy groups -OCH3 is 1. The zero-order valence-corrected chi connectivity index (χ0v) is 19.4. The average Bonchev–Trinajstić information content (AvgIpc) is 2.75. The first kappa shape index (κ1) is 24.8. The van der Waals surface area contributed by atoms with E-state index in [1.165, 1.54) is 6.07 Å². The first-order chi connectivity index (χ1) is 15.6. The number of carbonyl (C=O) groups is 1. The van der Waals surface area contributed by atoms with Gasteiger partial charge in [-0.25, -0.2) is 14.8 Å². The largest absolute Gasteiger partial charge is 0.416 e. The Balaban J connectivity index is 1.89. The summed E-state index contributed by atoms with van der Waals surface area (Å²) < 4.78 is 45.0. The molecular weight excluding hydrogens is 435 g/mol. The molecule has 1 saturated heterocycles. The van der Waals surface area contributed by atoms with E-state index in [0.717, 1.165) is 17.7 Å². The maximum atomic E-state index is 13.2. The minimum Gasteiger partial charge on any atom is -0.378 e. The van der Waals surface area contributed by atoms with Crippen LogP contribution in [0.2, 0.25) is 0 Å². The predicted molar refractivity (Wildman–Crippen MR) is 119 cm³/mol. The number of hydrogen-bond donors (Lipinski definition) is 1. The number of rotatable bonds is 6. The lowest BCUT2D eigenvalue weighted by molar-refractivity contribution is -0.137. The molecule has 7 nitrogen and oxygen atoms in total. The highest BCUT2D eigenvalue weighted by atomic mass is 19.4. The van der Waals surface area contributed by atoms with Crippen LogP contribution in [0.15, 0.2) is 24.3 Å². The SMILES string of the molecule is COCc1nc(C)nc(N2CCN(C(=O)NC(C)C)CC2)c1Cc1cccc(C(F)(F)F)c1. The predicted octanol–water partition coefficient (Wildman–Crippen LogP) is 3.78. The Morgan fingerprint density at radius 3 is 2.48 bits per heavy atom. The van der Waals surface area contributed by atoms with Gasteiger partial charge in [-0.2, -0.15) is 13.2 Å². The molecule has 1 fully saturated rings. The molecule has 1 aliphatic rings. The molecule has 0 bridgehead atoms. The summed E-state index contributed by atoms with van der Waals surface area (Å²) in [6.45, 7) is 7.98. The van der Waals surface area contributed by atoms with E-state index in [1.54, 1.807) is 25.0 Å². The van der Waals surface area contributed by atoms with Crippen molar-refractivity contribution in [3.05, 3.63) is 52.5 Å². The number of benzene rings is 1. The van der Waals surface area contributed by atoms with E-state index in [4.69, 9.17) is 4.74 Å². The molecule has 0 atom stereocenters. The monoisotopic (exact) mass is 465 g/mol. The van der Waals surface area contributed by atoms with E-state index in [-0.39, 0.29) is 25.1 Å². The fourth-order valence-electron chi connectivity index (χ4n) is 3.86. The van der Waals surface area contributed by atoms with Gasteiger partial charge in [-0.05, 0) is 32.4 Å². The number of aryl methyl sites for hydroxylation is 1. The van der Waals surface area contributed by atoms with Gasteiger partial charge in [-0.1, -0.05) is 18.2 Å². The van der Waals surface area contributed by atoms with Gasteiger partial charge in [0.15, 0.2) is 0 Å². The van der Waals surface area contributed by atoms with Gasteiger partial charge in [0.05, 0.1) is 17.9 Å². The Kier molecular flexibility index (Phi) is 7.78. The Bertz CT molecular complexity index is 973. The zero-order chi connectivity index (χ0) is 24.2. The van der Waals surface area contributed by atoms with Crippen molar-refractivity contribution in [2.45, 2.75) is 46.0 Å². The number of amides is 2. The molecule has 3 rings (SSSR count). The molecule has 1 aromatic carbocycles. The van der Waals surface area contributed by atoms with Crippen molar-refractivity contribution in [3.63, 3.8) is 0 Å². The topological polar surface area (TPSA) is 70.6 Å². The highest BCUT2D eigenvalue weighted by Crippen LogP contribution is 2.31. The molecule has 0 aliphatic carbocycles. The highest BCUT2D eigenvalue weighted by molar-refractivity contribution is 5.74. The smallest absolute Gasteiger partial charge is 0.378 e. The molecule has 1 aromatic heterocycles. The maximum Gasteiger partial charge on any atom is 0.416 e. The molecule has 1 N–H and O–H groups in total. The van der Waals surface area contributed by atoms with E-state index in [9.17, 15) is 18.0 Å². The molecule has 0 unspecified atom stereocenters. The van der Waals surface area contributed by atoms with Crippen LogP contribution in [0.3, 0.4) is 0 Å². The van der Waals surface area contributed by atoms with Gasteiger partial charge in [0, 0.05) is 51.3 Å². The van der Waals surface area contributed by atoms with Gasteiger partial charge in [0.1, 0.15) is 11.6 Å². The quantitative estimate of drug-likeness (QED) is 0.703. The molecule has 0 spiro atoms. The number of hydrogen-bond acceptors (Lipinski definition) is 5. The number of aromatic nitrogens is 2. The van der Waals surface area contributed by atoms with Gasteiger partial charge >= 0.3 is 12.2 Å². The molecule has 1 aliphatic heterocycles. The molecule has 0 saturated carbocycles. The molecule has 10 heteroatoms. The van der Waals surface area contributed by atoms with Crippen LogP contribution < -0.4 is 10.2 Å².